The van der Waals surface area contributed by atoms with Gasteiger partial charge in [-0.1, -0.05) is 29.8 Å². The van der Waals surface area contributed by atoms with Gasteiger partial charge in [-0.15, -0.1) is 11.3 Å². The molecule has 1 fully saturated rings. The van der Waals surface area contributed by atoms with E-state index in [1.54, 1.807) is 11.3 Å². The molecule has 0 saturated carbocycles. The molecule has 0 radical (unpaired) electrons. The Morgan fingerprint density at radius 2 is 2.24 bits per heavy atom. The third kappa shape index (κ3) is 2.41. The van der Waals surface area contributed by atoms with Crippen molar-refractivity contribution in [3.05, 3.63) is 40.5 Å². The summed E-state index contributed by atoms with van der Waals surface area (Å²) in [6, 6.07) is 8.18. The summed E-state index contributed by atoms with van der Waals surface area (Å²) in [4.78, 5) is 18.3. The maximum absolute atomic E-state index is 12.9. The Morgan fingerprint density at radius 3 is 2.81 bits per heavy atom. The Bertz CT molecular complexity index is 683. The average molecular weight is 301 g/mol. The maximum atomic E-state index is 12.9. The summed E-state index contributed by atoms with van der Waals surface area (Å²) in [5, 5.41) is 4.10. The lowest BCUT2D eigenvalue weighted by Crippen LogP contribution is -2.66. The summed E-state index contributed by atoms with van der Waals surface area (Å²) in [6.07, 6.45) is 0.784. The summed E-state index contributed by atoms with van der Waals surface area (Å²) in [5.41, 5.74) is 7.99. The molecule has 2 aromatic rings. The van der Waals surface area contributed by atoms with Crippen molar-refractivity contribution < 1.29 is 4.79 Å². The molecule has 0 aliphatic carbocycles. The van der Waals surface area contributed by atoms with E-state index in [4.69, 9.17) is 5.73 Å². The Labute approximate surface area is 128 Å². The number of Topliss-reactive ketones (excluding diaryl/α,β-unsaturated/α-hetero) is 1. The number of hydrogen-bond donors (Lipinski definition) is 2. The second-order valence-corrected chi connectivity index (χ2v) is 6.78. The fourth-order valence-electron chi connectivity index (χ4n) is 2.68. The number of aryl methyl sites for hydroxylation is 2. The highest BCUT2D eigenvalue weighted by molar-refractivity contribution is 7.15. The zero-order chi connectivity index (χ0) is 15.0. The SMILES string of the molecule is Cc1cccc(-c2sc(C)nc2C(=O)C2(CN)CCN2)c1. The minimum Gasteiger partial charge on any atom is -0.328 e. The van der Waals surface area contributed by atoms with Gasteiger partial charge in [-0.2, -0.15) is 0 Å². The molecule has 1 aliphatic rings. The van der Waals surface area contributed by atoms with Gasteiger partial charge in [0.05, 0.1) is 15.4 Å². The van der Waals surface area contributed by atoms with Gasteiger partial charge in [-0.05, 0) is 32.4 Å². The number of carbonyl (C=O) groups is 1. The Kier molecular flexibility index (Phi) is 3.65. The van der Waals surface area contributed by atoms with Crippen LogP contribution in [0.15, 0.2) is 24.3 Å². The molecular formula is C16H19N3OS. The van der Waals surface area contributed by atoms with Crippen LogP contribution >= 0.6 is 11.3 Å². The number of ketones is 1. The van der Waals surface area contributed by atoms with Gasteiger partial charge in [0.25, 0.3) is 0 Å². The van der Waals surface area contributed by atoms with Gasteiger partial charge in [0.2, 0.25) is 5.78 Å². The van der Waals surface area contributed by atoms with Gasteiger partial charge in [0, 0.05) is 6.54 Å². The second kappa shape index (κ2) is 5.33. The zero-order valence-corrected chi connectivity index (χ0v) is 13.1. The Balaban J connectivity index is 2.06. The maximum Gasteiger partial charge on any atom is 0.203 e. The van der Waals surface area contributed by atoms with Crippen molar-refractivity contribution in [2.75, 3.05) is 13.1 Å². The molecule has 4 nitrogen and oxygen atoms in total. The van der Waals surface area contributed by atoms with Crippen LogP contribution in [0.3, 0.4) is 0 Å². The van der Waals surface area contributed by atoms with E-state index in [9.17, 15) is 4.79 Å². The van der Waals surface area contributed by atoms with Crippen molar-refractivity contribution in [1.82, 2.24) is 10.3 Å². The van der Waals surface area contributed by atoms with Crippen LogP contribution in [0.5, 0.6) is 0 Å². The first-order valence-electron chi connectivity index (χ1n) is 7.10. The van der Waals surface area contributed by atoms with E-state index in [-0.39, 0.29) is 5.78 Å². The smallest absolute Gasteiger partial charge is 0.203 e. The van der Waals surface area contributed by atoms with E-state index in [0.717, 1.165) is 28.4 Å². The molecule has 1 atom stereocenters. The topological polar surface area (TPSA) is 68.0 Å². The van der Waals surface area contributed by atoms with E-state index in [2.05, 4.69) is 16.4 Å². The van der Waals surface area contributed by atoms with Crippen LogP contribution in [0.2, 0.25) is 0 Å². The molecule has 0 bridgehead atoms. The van der Waals surface area contributed by atoms with E-state index < -0.39 is 5.54 Å². The third-order valence-electron chi connectivity index (χ3n) is 4.03. The first-order valence-corrected chi connectivity index (χ1v) is 7.92. The van der Waals surface area contributed by atoms with Gasteiger partial charge in [-0.25, -0.2) is 4.98 Å². The largest absolute Gasteiger partial charge is 0.328 e. The zero-order valence-electron chi connectivity index (χ0n) is 12.3. The number of nitrogens with two attached hydrogens (primary N) is 1. The lowest BCUT2D eigenvalue weighted by atomic mass is 9.81. The van der Waals surface area contributed by atoms with Crippen LogP contribution < -0.4 is 11.1 Å². The van der Waals surface area contributed by atoms with E-state index >= 15 is 0 Å². The average Bonchev–Trinajstić information content (AvgIpc) is 2.80. The predicted molar refractivity (Wildman–Crippen MR) is 85.8 cm³/mol. The van der Waals surface area contributed by atoms with Crippen LogP contribution in [0, 0.1) is 13.8 Å². The molecule has 0 spiro atoms. The molecule has 1 aliphatic heterocycles. The van der Waals surface area contributed by atoms with Crippen LogP contribution in [0.4, 0.5) is 0 Å². The van der Waals surface area contributed by atoms with Crippen molar-refractivity contribution in [2.24, 2.45) is 5.73 Å². The lowest BCUT2D eigenvalue weighted by molar-refractivity contribution is 0.0764. The molecule has 5 heteroatoms. The molecule has 1 unspecified atom stereocenters. The van der Waals surface area contributed by atoms with E-state index in [1.165, 1.54) is 5.56 Å². The number of rotatable bonds is 4. The normalized spacial score (nSPS) is 21.1. The molecule has 1 saturated heterocycles. The highest BCUT2D eigenvalue weighted by atomic mass is 32.1. The highest BCUT2D eigenvalue weighted by Gasteiger charge is 2.44. The first kappa shape index (κ1) is 14.4. The predicted octanol–water partition coefficient (Wildman–Crippen LogP) is 2.30. The minimum absolute atomic E-state index is 0.0251. The highest BCUT2D eigenvalue weighted by Crippen LogP contribution is 2.34. The lowest BCUT2D eigenvalue weighted by Gasteiger charge is -2.40. The minimum atomic E-state index is -0.612. The van der Waals surface area contributed by atoms with Crippen LogP contribution in [0.1, 0.15) is 27.5 Å². The molecule has 1 aromatic carbocycles. The first-order chi connectivity index (χ1) is 10.1. The number of thiazole rings is 1. The van der Waals surface area contributed by atoms with Crippen molar-refractivity contribution in [3.8, 4) is 10.4 Å². The van der Waals surface area contributed by atoms with E-state index in [0.29, 0.717) is 12.2 Å². The van der Waals surface area contributed by atoms with Gasteiger partial charge < -0.3 is 11.1 Å². The number of aromatic nitrogens is 1. The van der Waals surface area contributed by atoms with Crippen molar-refractivity contribution in [3.63, 3.8) is 0 Å². The van der Waals surface area contributed by atoms with E-state index in [1.807, 2.05) is 32.0 Å². The van der Waals surface area contributed by atoms with Gasteiger partial charge in [0.1, 0.15) is 5.69 Å². The fraction of sp³-hybridized carbons (Fsp3) is 0.375. The molecule has 21 heavy (non-hydrogen) atoms. The summed E-state index contributed by atoms with van der Waals surface area (Å²) < 4.78 is 0. The monoisotopic (exact) mass is 301 g/mol. The molecule has 1 aromatic heterocycles. The molecule has 3 rings (SSSR count). The molecule has 3 N–H and O–H groups in total. The summed E-state index contributed by atoms with van der Waals surface area (Å²) in [6.45, 7) is 5.14. The third-order valence-corrected chi connectivity index (χ3v) is 5.05. The summed E-state index contributed by atoms with van der Waals surface area (Å²) in [7, 11) is 0. The Morgan fingerprint density at radius 1 is 1.48 bits per heavy atom. The summed E-state index contributed by atoms with van der Waals surface area (Å²) >= 11 is 1.57. The second-order valence-electron chi connectivity index (χ2n) is 5.57. The van der Waals surface area contributed by atoms with Crippen LogP contribution in [-0.2, 0) is 0 Å². The fourth-order valence-corrected chi connectivity index (χ4v) is 3.59. The van der Waals surface area contributed by atoms with Gasteiger partial charge >= 0.3 is 0 Å². The van der Waals surface area contributed by atoms with Crippen molar-refractivity contribution >= 4 is 17.1 Å². The number of nitrogens with one attached hydrogen (secondary N) is 1. The molecule has 2 heterocycles. The molecule has 0 amide bonds. The Hall–Kier alpha value is -1.56. The quantitative estimate of drug-likeness (QED) is 0.850. The number of benzene rings is 1. The molecule has 110 valence electrons. The van der Waals surface area contributed by atoms with Crippen molar-refractivity contribution in [1.29, 1.82) is 0 Å². The standard InChI is InChI=1S/C16H19N3OS/c1-10-4-3-5-12(8-10)14-13(19-11(2)21-14)15(20)16(9-17)6-7-18-16/h3-5,8,18H,6-7,9,17H2,1-2H3. The number of hydrogen-bond acceptors (Lipinski definition) is 5. The van der Waals surface area contributed by atoms with Crippen LogP contribution in [0.25, 0.3) is 10.4 Å². The van der Waals surface area contributed by atoms with Crippen LogP contribution in [-0.4, -0.2) is 29.4 Å². The van der Waals surface area contributed by atoms with Crippen molar-refractivity contribution in [2.45, 2.75) is 25.8 Å². The van der Waals surface area contributed by atoms with Gasteiger partial charge in [0.15, 0.2) is 0 Å². The number of carbonyl (C=O) groups excluding carboxylic acids is 1. The number of nitrogens with zero attached hydrogens (tertiary/aromatic N) is 1. The molecular weight excluding hydrogens is 282 g/mol. The van der Waals surface area contributed by atoms with Gasteiger partial charge in [-0.3, -0.25) is 4.79 Å². The summed E-state index contributed by atoms with van der Waals surface area (Å²) in [5.74, 6) is 0.0251.